The van der Waals surface area contributed by atoms with Gasteiger partial charge in [-0.25, -0.2) is 4.79 Å². The van der Waals surface area contributed by atoms with Gasteiger partial charge in [-0.15, -0.1) is 0 Å². The van der Waals surface area contributed by atoms with Crippen LogP contribution in [0.15, 0.2) is 65.9 Å². The van der Waals surface area contributed by atoms with E-state index in [2.05, 4.69) is 24.4 Å². The second-order valence-electron chi connectivity index (χ2n) is 10.6. The fraction of sp³-hybridized carbons (Fsp3) is 0.469. The van der Waals surface area contributed by atoms with Crippen LogP contribution in [0.2, 0.25) is 0 Å². The first kappa shape index (κ1) is 29.2. The molecule has 0 aromatic heterocycles. The quantitative estimate of drug-likeness (QED) is 0.277. The zero-order valence-corrected chi connectivity index (χ0v) is 23.1. The number of hydrogen-bond acceptors (Lipinski definition) is 5. The van der Waals surface area contributed by atoms with Crippen molar-refractivity contribution in [3.8, 4) is 0 Å². The summed E-state index contributed by atoms with van der Waals surface area (Å²) in [5.41, 5.74) is 2.15. The number of amides is 1. The third-order valence-corrected chi connectivity index (χ3v) is 7.32. The van der Waals surface area contributed by atoms with Crippen LogP contribution in [0.5, 0.6) is 0 Å². The van der Waals surface area contributed by atoms with E-state index in [9.17, 15) is 19.5 Å². The Balaban J connectivity index is 1.77. The van der Waals surface area contributed by atoms with Crippen molar-refractivity contribution in [2.45, 2.75) is 90.6 Å². The summed E-state index contributed by atoms with van der Waals surface area (Å²) in [6.45, 7) is 7.67. The smallest absolute Gasteiger partial charge is 0.338 e. The average Bonchev–Trinajstić information content (AvgIpc) is 2.89. The largest absolute Gasteiger partial charge is 0.512 e. The van der Waals surface area contributed by atoms with Crippen LogP contribution in [-0.4, -0.2) is 28.4 Å². The third-order valence-electron chi connectivity index (χ3n) is 7.32. The van der Waals surface area contributed by atoms with Gasteiger partial charge in [0.2, 0.25) is 5.91 Å². The summed E-state index contributed by atoms with van der Waals surface area (Å²) in [7, 11) is 0. The van der Waals surface area contributed by atoms with Crippen LogP contribution in [0.3, 0.4) is 0 Å². The van der Waals surface area contributed by atoms with Crippen LogP contribution >= 0.6 is 0 Å². The standard InChI is InChI=1S/C32H41NO5/c1-5-18-32(19-17-23-11-8-7-9-12-23)21-28(35)30(31(37)38-32)26(6-2)24-13-10-14-25(20-24)33-29(36)16-15-27(34)22(3)4/h7-14,20,22,26,35H,5-6,15-19,21H2,1-4H3,(H,33,36)/t26-,32-/m1/s1. The minimum absolute atomic E-state index is 0.0566. The minimum Gasteiger partial charge on any atom is -0.512 e. The summed E-state index contributed by atoms with van der Waals surface area (Å²) < 4.78 is 6.13. The number of benzene rings is 2. The molecular weight excluding hydrogens is 478 g/mol. The van der Waals surface area contributed by atoms with E-state index in [1.165, 1.54) is 5.56 Å². The average molecular weight is 520 g/mol. The molecule has 0 aliphatic carbocycles. The fourth-order valence-corrected chi connectivity index (χ4v) is 5.21. The molecule has 204 valence electrons. The molecule has 0 saturated carbocycles. The highest BCUT2D eigenvalue weighted by molar-refractivity contribution is 5.94. The molecule has 0 radical (unpaired) electrons. The molecule has 0 unspecified atom stereocenters. The van der Waals surface area contributed by atoms with Gasteiger partial charge in [0, 0.05) is 36.8 Å². The lowest BCUT2D eigenvalue weighted by Gasteiger charge is -2.38. The van der Waals surface area contributed by atoms with Crippen molar-refractivity contribution in [2.75, 3.05) is 5.32 Å². The van der Waals surface area contributed by atoms with E-state index in [1.807, 2.05) is 57.2 Å². The number of carbonyl (C=O) groups is 3. The van der Waals surface area contributed by atoms with Gasteiger partial charge in [0.25, 0.3) is 0 Å². The number of ether oxygens (including phenoxy) is 1. The Morgan fingerprint density at radius 2 is 1.76 bits per heavy atom. The van der Waals surface area contributed by atoms with E-state index in [0.29, 0.717) is 36.9 Å². The van der Waals surface area contributed by atoms with Crippen molar-refractivity contribution in [3.63, 3.8) is 0 Å². The fourth-order valence-electron chi connectivity index (χ4n) is 5.21. The van der Waals surface area contributed by atoms with Gasteiger partial charge in [-0.3, -0.25) is 9.59 Å². The number of esters is 1. The van der Waals surface area contributed by atoms with Crippen molar-refractivity contribution >= 4 is 23.3 Å². The summed E-state index contributed by atoms with van der Waals surface area (Å²) in [6.07, 6.45) is 4.14. The molecule has 6 heteroatoms. The lowest BCUT2D eigenvalue weighted by molar-refractivity contribution is -0.161. The Labute approximate surface area is 226 Å². The maximum absolute atomic E-state index is 13.4. The van der Waals surface area contributed by atoms with Crippen molar-refractivity contribution in [1.82, 2.24) is 0 Å². The second kappa shape index (κ2) is 13.4. The van der Waals surface area contributed by atoms with Crippen molar-refractivity contribution < 1.29 is 24.2 Å². The first-order valence-corrected chi connectivity index (χ1v) is 13.8. The van der Waals surface area contributed by atoms with Crippen molar-refractivity contribution in [3.05, 3.63) is 77.1 Å². The van der Waals surface area contributed by atoms with Crippen LogP contribution in [0.25, 0.3) is 0 Å². The predicted octanol–water partition coefficient (Wildman–Crippen LogP) is 7.05. The number of aryl methyl sites for hydroxylation is 1. The normalized spacial score (nSPS) is 18.3. The SMILES string of the molecule is CCC[C@@]1(CCc2ccccc2)CC(O)=C([C@H](CC)c2cccc(NC(=O)CCC(=O)C(C)C)c2)C(=O)O1. The van der Waals surface area contributed by atoms with Crippen molar-refractivity contribution in [2.24, 2.45) is 5.92 Å². The molecule has 3 rings (SSSR count). The van der Waals surface area contributed by atoms with Crippen LogP contribution in [0.1, 0.15) is 89.7 Å². The number of Topliss-reactive ketones (excluding diaryl/α,β-unsaturated/α-hetero) is 1. The lowest BCUT2D eigenvalue weighted by atomic mass is 9.80. The highest BCUT2D eigenvalue weighted by Crippen LogP contribution is 2.42. The van der Waals surface area contributed by atoms with Crippen LogP contribution in [-0.2, 0) is 25.5 Å². The van der Waals surface area contributed by atoms with E-state index < -0.39 is 11.6 Å². The molecule has 0 fully saturated rings. The molecule has 0 spiro atoms. The summed E-state index contributed by atoms with van der Waals surface area (Å²) in [5.74, 6) is -1.01. The Bertz CT molecular complexity index is 1150. The second-order valence-corrected chi connectivity index (χ2v) is 10.6. The third kappa shape index (κ3) is 7.56. The molecule has 0 saturated heterocycles. The number of aliphatic hydroxyl groups excluding tert-OH is 1. The van der Waals surface area contributed by atoms with Gasteiger partial charge in [-0.05, 0) is 48.9 Å². The van der Waals surface area contributed by atoms with E-state index >= 15 is 0 Å². The molecule has 38 heavy (non-hydrogen) atoms. The zero-order chi connectivity index (χ0) is 27.7. The molecule has 1 heterocycles. The van der Waals surface area contributed by atoms with Gasteiger partial charge in [0.05, 0.1) is 5.57 Å². The first-order valence-electron chi connectivity index (χ1n) is 13.8. The number of nitrogens with one attached hydrogen (secondary N) is 1. The number of carbonyl (C=O) groups excluding carboxylic acids is 3. The van der Waals surface area contributed by atoms with Gasteiger partial charge >= 0.3 is 5.97 Å². The number of aliphatic hydroxyl groups is 1. The Morgan fingerprint density at radius 1 is 1.03 bits per heavy atom. The first-order chi connectivity index (χ1) is 18.2. The zero-order valence-electron chi connectivity index (χ0n) is 23.1. The molecule has 2 aromatic carbocycles. The maximum atomic E-state index is 13.4. The predicted molar refractivity (Wildman–Crippen MR) is 150 cm³/mol. The molecule has 0 bridgehead atoms. The topological polar surface area (TPSA) is 92.7 Å². The van der Waals surface area contributed by atoms with E-state index in [4.69, 9.17) is 4.74 Å². The van der Waals surface area contributed by atoms with Gasteiger partial charge in [-0.1, -0.05) is 76.6 Å². The summed E-state index contributed by atoms with van der Waals surface area (Å²) >= 11 is 0. The monoisotopic (exact) mass is 519 g/mol. The highest BCUT2D eigenvalue weighted by atomic mass is 16.6. The summed E-state index contributed by atoms with van der Waals surface area (Å²) in [5, 5.41) is 14.1. The van der Waals surface area contributed by atoms with Gasteiger partial charge in [0.1, 0.15) is 17.1 Å². The Kier molecular flexibility index (Phi) is 10.3. The van der Waals surface area contributed by atoms with Crippen LogP contribution < -0.4 is 5.32 Å². The van der Waals surface area contributed by atoms with Gasteiger partial charge in [0.15, 0.2) is 0 Å². The number of anilines is 1. The molecule has 1 aliphatic heterocycles. The van der Waals surface area contributed by atoms with Gasteiger partial charge < -0.3 is 15.2 Å². The molecule has 6 nitrogen and oxygen atoms in total. The van der Waals surface area contributed by atoms with Crippen molar-refractivity contribution in [1.29, 1.82) is 0 Å². The lowest BCUT2D eigenvalue weighted by Crippen LogP contribution is -2.41. The molecular formula is C32H41NO5. The molecule has 2 aromatic rings. The molecule has 2 N–H and O–H groups in total. The minimum atomic E-state index is -0.725. The molecule has 1 amide bonds. The van der Waals surface area contributed by atoms with Crippen LogP contribution in [0, 0.1) is 5.92 Å². The Hall–Kier alpha value is -3.41. The maximum Gasteiger partial charge on any atom is 0.338 e. The number of cyclic esters (lactones) is 1. The summed E-state index contributed by atoms with van der Waals surface area (Å²) in [6, 6.07) is 17.4. The van der Waals surface area contributed by atoms with E-state index in [0.717, 1.165) is 18.4 Å². The number of hydrogen-bond donors (Lipinski definition) is 2. The van der Waals surface area contributed by atoms with E-state index in [1.54, 1.807) is 6.07 Å². The van der Waals surface area contributed by atoms with Gasteiger partial charge in [-0.2, -0.15) is 0 Å². The number of rotatable bonds is 13. The highest BCUT2D eigenvalue weighted by Gasteiger charge is 2.43. The summed E-state index contributed by atoms with van der Waals surface area (Å²) in [4.78, 5) is 37.7. The molecule has 2 atom stereocenters. The van der Waals surface area contributed by atoms with E-state index in [-0.39, 0.29) is 42.1 Å². The van der Waals surface area contributed by atoms with Crippen LogP contribution in [0.4, 0.5) is 5.69 Å². The molecule has 1 aliphatic rings. The number of ketones is 1. The Morgan fingerprint density at radius 3 is 2.39 bits per heavy atom.